The van der Waals surface area contributed by atoms with E-state index in [0.29, 0.717) is 5.01 Å². The lowest BCUT2D eigenvalue weighted by atomic mass is 9.73. The molecule has 1 fully saturated rings. The fourth-order valence-electron chi connectivity index (χ4n) is 2.60. The molecule has 1 heterocycles. The summed E-state index contributed by atoms with van der Waals surface area (Å²) in [5, 5.41) is 15.4. The van der Waals surface area contributed by atoms with Crippen LogP contribution in [0.15, 0.2) is 0 Å². The van der Waals surface area contributed by atoms with Crippen molar-refractivity contribution in [1.82, 2.24) is 15.5 Å². The van der Waals surface area contributed by atoms with E-state index < -0.39 is 0 Å². The number of carbonyl (C=O) groups is 1. The van der Waals surface area contributed by atoms with Crippen LogP contribution in [0.4, 0.5) is 5.13 Å². The monoisotopic (exact) mass is 296 g/mol. The molecule has 1 aromatic heterocycles. The zero-order valence-corrected chi connectivity index (χ0v) is 13.3. The number of amides is 1. The Labute approximate surface area is 124 Å². The van der Waals surface area contributed by atoms with E-state index in [1.54, 1.807) is 0 Å². The summed E-state index contributed by atoms with van der Waals surface area (Å²) in [6, 6.07) is 0.236. The molecule has 0 saturated heterocycles. The van der Waals surface area contributed by atoms with Crippen LogP contribution in [0.5, 0.6) is 0 Å². The topological polar surface area (TPSA) is 66.9 Å². The quantitative estimate of drug-likeness (QED) is 0.876. The normalized spacial score (nSPS) is 21.4. The fraction of sp³-hybridized carbons (Fsp3) is 0.786. The molecule has 0 aromatic carbocycles. The van der Waals surface area contributed by atoms with Crippen LogP contribution in [0.1, 0.15) is 62.7 Å². The minimum absolute atomic E-state index is 0.0907. The lowest BCUT2D eigenvalue weighted by Gasteiger charge is -2.38. The molecule has 6 heteroatoms. The average molecular weight is 296 g/mol. The van der Waals surface area contributed by atoms with Gasteiger partial charge in [-0.25, -0.2) is 0 Å². The van der Waals surface area contributed by atoms with Gasteiger partial charge in [-0.3, -0.25) is 4.79 Å². The van der Waals surface area contributed by atoms with Crippen molar-refractivity contribution in [3.05, 3.63) is 5.01 Å². The third kappa shape index (κ3) is 3.69. The highest BCUT2D eigenvalue weighted by molar-refractivity contribution is 7.17. The molecule has 0 bridgehead atoms. The standard InChI is InChI=1S/C14H24N4OS/c1-4-9-15-13-18-17-12(20-13)11(19)16-10-7-5-6-8-14(10,2)3/h10H,4-9H2,1-3H3,(H,15,18)(H,16,19). The Morgan fingerprint density at radius 1 is 1.40 bits per heavy atom. The van der Waals surface area contributed by atoms with Gasteiger partial charge in [-0.1, -0.05) is 44.9 Å². The van der Waals surface area contributed by atoms with Crippen LogP contribution in [-0.4, -0.2) is 28.7 Å². The molecule has 1 amide bonds. The van der Waals surface area contributed by atoms with Crippen LogP contribution in [0.3, 0.4) is 0 Å². The molecule has 0 aliphatic heterocycles. The van der Waals surface area contributed by atoms with Crippen molar-refractivity contribution < 1.29 is 4.79 Å². The van der Waals surface area contributed by atoms with E-state index in [9.17, 15) is 4.79 Å². The molecular formula is C14H24N4OS. The molecule has 20 heavy (non-hydrogen) atoms. The highest BCUT2D eigenvalue weighted by Crippen LogP contribution is 2.35. The van der Waals surface area contributed by atoms with Gasteiger partial charge in [0.1, 0.15) is 0 Å². The molecule has 1 atom stereocenters. The van der Waals surface area contributed by atoms with Gasteiger partial charge >= 0.3 is 0 Å². The first kappa shape index (κ1) is 15.2. The van der Waals surface area contributed by atoms with Gasteiger partial charge in [0.2, 0.25) is 10.1 Å². The van der Waals surface area contributed by atoms with Crippen molar-refractivity contribution in [2.45, 2.75) is 58.9 Å². The van der Waals surface area contributed by atoms with Gasteiger partial charge in [0.15, 0.2) is 0 Å². The van der Waals surface area contributed by atoms with Crippen molar-refractivity contribution >= 4 is 22.4 Å². The lowest BCUT2D eigenvalue weighted by Crippen LogP contribution is -2.46. The SMILES string of the molecule is CCCNc1nnc(C(=O)NC2CCCCC2(C)C)s1. The largest absolute Gasteiger partial charge is 0.360 e. The zero-order valence-electron chi connectivity index (χ0n) is 12.5. The molecule has 1 aliphatic carbocycles. The van der Waals surface area contributed by atoms with Crippen molar-refractivity contribution in [2.24, 2.45) is 5.41 Å². The summed E-state index contributed by atoms with van der Waals surface area (Å²) in [6.45, 7) is 7.40. The minimum atomic E-state index is -0.0907. The maximum absolute atomic E-state index is 12.3. The Balaban J connectivity index is 1.95. The second-order valence-corrected chi connectivity index (χ2v) is 7.08. The van der Waals surface area contributed by atoms with Crippen LogP contribution in [0, 0.1) is 5.41 Å². The number of nitrogens with one attached hydrogen (secondary N) is 2. The van der Waals surface area contributed by atoms with Crippen LogP contribution in [0.2, 0.25) is 0 Å². The Kier molecular flexibility index (Phi) is 4.96. The van der Waals surface area contributed by atoms with Crippen LogP contribution in [-0.2, 0) is 0 Å². The summed E-state index contributed by atoms with van der Waals surface area (Å²) in [6.07, 6.45) is 5.68. The van der Waals surface area contributed by atoms with E-state index in [4.69, 9.17) is 0 Å². The van der Waals surface area contributed by atoms with Crippen molar-refractivity contribution in [3.63, 3.8) is 0 Å². The maximum atomic E-state index is 12.3. The van der Waals surface area contributed by atoms with Gasteiger partial charge in [-0.2, -0.15) is 0 Å². The molecule has 1 saturated carbocycles. The highest BCUT2D eigenvalue weighted by atomic mass is 32.1. The molecule has 2 N–H and O–H groups in total. The third-order valence-electron chi connectivity index (χ3n) is 3.96. The maximum Gasteiger partial charge on any atom is 0.282 e. The summed E-state index contributed by atoms with van der Waals surface area (Å²) in [5.41, 5.74) is 0.169. The van der Waals surface area contributed by atoms with Gasteiger partial charge in [-0.15, -0.1) is 10.2 Å². The Morgan fingerprint density at radius 2 is 2.20 bits per heavy atom. The Morgan fingerprint density at radius 3 is 2.90 bits per heavy atom. The number of nitrogens with zero attached hydrogens (tertiary/aromatic N) is 2. The molecule has 1 aliphatic rings. The van der Waals surface area contributed by atoms with Crippen LogP contribution in [0.25, 0.3) is 0 Å². The molecule has 0 spiro atoms. The number of aromatic nitrogens is 2. The number of hydrogen-bond donors (Lipinski definition) is 2. The first-order valence-electron chi connectivity index (χ1n) is 7.41. The first-order chi connectivity index (χ1) is 9.53. The second-order valence-electron chi connectivity index (χ2n) is 6.10. The van der Waals surface area contributed by atoms with Gasteiger partial charge in [-0.05, 0) is 24.7 Å². The smallest absolute Gasteiger partial charge is 0.282 e. The molecule has 1 aromatic rings. The molecular weight excluding hydrogens is 272 g/mol. The zero-order chi connectivity index (χ0) is 14.6. The minimum Gasteiger partial charge on any atom is -0.360 e. The van der Waals surface area contributed by atoms with Gasteiger partial charge in [0.25, 0.3) is 5.91 Å². The summed E-state index contributed by atoms with van der Waals surface area (Å²) < 4.78 is 0. The second kappa shape index (κ2) is 6.52. The fourth-order valence-corrected chi connectivity index (χ4v) is 3.27. The predicted octanol–water partition coefficient (Wildman–Crippen LogP) is 3.06. The van der Waals surface area contributed by atoms with Gasteiger partial charge in [0, 0.05) is 12.6 Å². The van der Waals surface area contributed by atoms with E-state index in [2.05, 4.69) is 41.6 Å². The van der Waals surface area contributed by atoms with Gasteiger partial charge < -0.3 is 10.6 Å². The summed E-state index contributed by atoms with van der Waals surface area (Å²) >= 11 is 1.32. The van der Waals surface area contributed by atoms with Crippen molar-refractivity contribution in [3.8, 4) is 0 Å². The molecule has 112 valence electrons. The Bertz CT molecular complexity index is 458. The summed E-state index contributed by atoms with van der Waals surface area (Å²) in [4.78, 5) is 12.3. The predicted molar refractivity (Wildman–Crippen MR) is 82.2 cm³/mol. The number of anilines is 1. The van der Waals surface area contributed by atoms with E-state index >= 15 is 0 Å². The molecule has 5 nitrogen and oxygen atoms in total. The van der Waals surface area contributed by atoms with Crippen LogP contribution >= 0.6 is 11.3 Å². The van der Waals surface area contributed by atoms with Gasteiger partial charge in [0.05, 0.1) is 0 Å². The van der Waals surface area contributed by atoms with E-state index in [0.717, 1.165) is 30.9 Å². The van der Waals surface area contributed by atoms with E-state index in [-0.39, 0.29) is 17.4 Å². The first-order valence-corrected chi connectivity index (χ1v) is 8.23. The summed E-state index contributed by atoms with van der Waals surface area (Å²) in [7, 11) is 0. The lowest BCUT2D eigenvalue weighted by molar-refractivity contribution is 0.0852. The highest BCUT2D eigenvalue weighted by Gasteiger charge is 2.33. The number of carbonyl (C=O) groups excluding carboxylic acids is 1. The molecule has 2 rings (SSSR count). The van der Waals surface area contributed by atoms with Crippen molar-refractivity contribution in [1.29, 1.82) is 0 Å². The van der Waals surface area contributed by atoms with E-state index in [1.807, 2.05) is 0 Å². The van der Waals surface area contributed by atoms with Crippen molar-refractivity contribution in [2.75, 3.05) is 11.9 Å². The summed E-state index contributed by atoms with van der Waals surface area (Å²) in [5.74, 6) is -0.0907. The molecule has 1 unspecified atom stereocenters. The Hall–Kier alpha value is -1.17. The third-order valence-corrected chi connectivity index (χ3v) is 4.84. The number of rotatable bonds is 5. The molecule has 0 radical (unpaired) electrons. The average Bonchev–Trinajstić information content (AvgIpc) is 2.87. The van der Waals surface area contributed by atoms with E-state index in [1.165, 1.54) is 24.2 Å². The number of hydrogen-bond acceptors (Lipinski definition) is 5. The van der Waals surface area contributed by atoms with Crippen LogP contribution < -0.4 is 10.6 Å².